The summed E-state index contributed by atoms with van der Waals surface area (Å²) in [5.41, 5.74) is -0.0824. The number of rotatable bonds is 4. The van der Waals surface area contributed by atoms with Crippen molar-refractivity contribution in [2.75, 3.05) is 6.61 Å². The van der Waals surface area contributed by atoms with Gasteiger partial charge in [0.15, 0.2) is 0 Å². The van der Waals surface area contributed by atoms with Gasteiger partial charge < -0.3 is 9.90 Å². The number of carbonyl (C=O) groups is 1. The van der Waals surface area contributed by atoms with E-state index in [9.17, 15) is 4.79 Å². The number of aldehydes is 1. The zero-order chi connectivity index (χ0) is 7.33. The second-order valence-corrected chi connectivity index (χ2v) is 3.03. The summed E-state index contributed by atoms with van der Waals surface area (Å²) < 4.78 is 0. The number of aliphatic hydroxyl groups excluding tert-OH is 1. The molecule has 10 heavy (non-hydrogen) atoms. The molecule has 0 unspecified atom stereocenters. The zero-order valence-electron chi connectivity index (χ0n) is 6.46. The maximum Gasteiger partial charge on any atom is 0.120 e. The van der Waals surface area contributed by atoms with Crippen LogP contribution in [0.2, 0.25) is 0 Å². The Labute approximate surface area is 68.0 Å². The summed E-state index contributed by atoms with van der Waals surface area (Å²) in [6, 6.07) is 0. The Morgan fingerprint density at radius 3 is 2.30 bits per heavy atom. The maximum absolute atomic E-state index is 9.89. The van der Waals surface area contributed by atoms with Gasteiger partial charge in [0.2, 0.25) is 0 Å². The lowest BCUT2D eigenvalue weighted by molar-refractivity contribution is -0.108. The van der Waals surface area contributed by atoms with Crippen molar-refractivity contribution in [1.29, 1.82) is 0 Å². The Hall–Kier alpha value is -0.0800. The average Bonchev–Trinajstić information content (AvgIpc) is 1.84. The van der Waals surface area contributed by atoms with Gasteiger partial charge in [-0.1, -0.05) is 13.8 Å². The molecule has 0 fully saturated rings. The molecule has 0 amide bonds. The van der Waals surface area contributed by atoms with Crippen molar-refractivity contribution in [3.05, 3.63) is 0 Å². The van der Waals surface area contributed by atoms with Gasteiger partial charge in [0.05, 0.1) is 0 Å². The second-order valence-electron chi connectivity index (χ2n) is 3.03. The van der Waals surface area contributed by atoms with Gasteiger partial charge in [0, 0.05) is 13.0 Å². The topological polar surface area (TPSA) is 37.3 Å². The van der Waals surface area contributed by atoms with E-state index in [4.69, 9.17) is 5.11 Å². The van der Waals surface area contributed by atoms with Gasteiger partial charge in [0.25, 0.3) is 0 Å². The molecule has 0 bridgehead atoms. The third kappa shape index (κ3) is 6.05. The van der Waals surface area contributed by atoms with Crippen LogP contribution in [0.5, 0.6) is 0 Å². The van der Waals surface area contributed by atoms with Gasteiger partial charge in [-0.05, 0) is 11.8 Å². The van der Waals surface area contributed by atoms with Crippen molar-refractivity contribution in [3.8, 4) is 0 Å². The van der Waals surface area contributed by atoms with Crippen LogP contribution in [-0.4, -0.2) is 18.0 Å². The lowest BCUT2D eigenvalue weighted by Crippen LogP contribution is -2.16. The molecule has 3 heteroatoms. The molecular weight excluding hydrogens is 152 g/mol. The standard InChI is InChI=1S/C7H14O2.ClH/c1-7(2,6-9)4-3-5-8;/h5,9H,3-4,6H2,1-2H3;1H. The van der Waals surface area contributed by atoms with E-state index in [0.29, 0.717) is 6.42 Å². The first kappa shape index (κ1) is 12.6. The lowest BCUT2D eigenvalue weighted by Gasteiger charge is -2.19. The predicted octanol–water partition coefficient (Wildman–Crippen LogP) is 1.41. The van der Waals surface area contributed by atoms with Crippen LogP contribution in [-0.2, 0) is 4.79 Å². The van der Waals surface area contributed by atoms with Crippen molar-refractivity contribution in [1.82, 2.24) is 0 Å². The first-order chi connectivity index (χ1) is 4.12. The van der Waals surface area contributed by atoms with Crippen LogP contribution in [0, 0.1) is 5.41 Å². The molecule has 0 radical (unpaired) electrons. The van der Waals surface area contributed by atoms with Crippen LogP contribution in [0.3, 0.4) is 0 Å². The van der Waals surface area contributed by atoms with Crippen LogP contribution >= 0.6 is 12.4 Å². The minimum absolute atomic E-state index is 0. The lowest BCUT2D eigenvalue weighted by atomic mass is 9.89. The fourth-order valence-electron chi connectivity index (χ4n) is 0.529. The molecule has 0 aliphatic carbocycles. The molecule has 0 aliphatic rings. The van der Waals surface area contributed by atoms with E-state index in [1.807, 2.05) is 13.8 Å². The summed E-state index contributed by atoms with van der Waals surface area (Å²) in [6.45, 7) is 4.04. The van der Waals surface area contributed by atoms with Crippen molar-refractivity contribution >= 4 is 18.7 Å². The first-order valence-electron chi connectivity index (χ1n) is 3.17. The predicted molar refractivity (Wildman–Crippen MR) is 43.4 cm³/mol. The van der Waals surface area contributed by atoms with E-state index < -0.39 is 0 Å². The van der Waals surface area contributed by atoms with E-state index in [1.54, 1.807) is 0 Å². The molecule has 0 heterocycles. The third-order valence-corrected chi connectivity index (χ3v) is 1.37. The van der Waals surface area contributed by atoms with Crippen molar-refractivity contribution in [2.24, 2.45) is 5.41 Å². The van der Waals surface area contributed by atoms with Crippen LogP contribution in [0.25, 0.3) is 0 Å². The minimum Gasteiger partial charge on any atom is -0.396 e. The SMILES string of the molecule is CC(C)(CO)CCC=O.Cl. The van der Waals surface area contributed by atoms with Crippen LogP contribution in [0.15, 0.2) is 0 Å². The summed E-state index contributed by atoms with van der Waals surface area (Å²) in [7, 11) is 0. The average molecular weight is 167 g/mol. The molecule has 0 saturated heterocycles. The molecule has 0 aromatic rings. The summed E-state index contributed by atoms with van der Waals surface area (Å²) in [5.74, 6) is 0. The Bertz CT molecular complexity index is 91.6. The molecule has 1 N–H and O–H groups in total. The Morgan fingerprint density at radius 2 is 2.00 bits per heavy atom. The number of hydrogen-bond acceptors (Lipinski definition) is 2. The highest BCUT2D eigenvalue weighted by molar-refractivity contribution is 5.85. The Morgan fingerprint density at radius 1 is 1.50 bits per heavy atom. The molecule has 0 aromatic heterocycles. The van der Waals surface area contributed by atoms with Crippen LogP contribution < -0.4 is 0 Å². The molecule has 0 saturated carbocycles. The van der Waals surface area contributed by atoms with E-state index in [-0.39, 0.29) is 24.4 Å². The van der Waals surface area contributed by atoms with E-state index in [1.165, 1.54) is 0 Å². The van der Waals surface area contributed by atoms with E-state index in [0.717, 1.165) is 12.7 Å². The first-order valence-corrected chi connectivity index (χ1v) is 3.17. The number of hydrogen-bond donors (Lipinski definition) is 1. The molecule has 0 rings (SSSR count). The Balaban J connectivity index is 0. The van der Waals surface area contributed by atoms with Crippen molar-refractivity contribution in [2.45, 2.75) is 26.7 Å². The Kier molecular flexibility index (Phi) is 7.15. The molecule has 62 valence electrons. The zero-order valence-corrected chi connectivity index (χ0v) is 7.28. The maximum atomic E-state index is 9.89. The second kappa shape index (κ2) is 5.69. The summed E-state index contributed by atoms with van der Waals surface area (Å²) >= 11 is 0. The van der Waals surface area contributed by atoms with Crippen molar-refractivity contribution in [3.63, 3.8) is 0 Å². The van der Waals surface area contributed by atoms with Crippen LogP contribution in [0.1, 0.15) is 26.7 Å². The normalized spacial score (nSPS) is 10.3. The quantitative estimate of drug-likeness (QED) is 0.642. The number of aliphatic hydroxyl groups is 1. The highest BCUT2D eigenvalue weighted by Crippen LogP contribution is 2.19. The van der Waals surface area contributed by atoms with Gasteiger partial charge in [-0.25, -0.2) is 0 Å². The minimum atomic E-state index is -0.0824. The molecule has 0 aromatic carbocycles. The highest BCUT2D eigenvalue weighted by Gasteiger charge is 2.14. The summed E-state index contributed by atoms with van der Waals surface area (Å²) in [4.78, 5) is 9.89. The van der Waals surface area contributed by atoms with Gasteiger partial charge in [-0.2, -0.15) is 0 Å². The molecule has 0 spiro atoms. The smallest absolute Gasteiger partial charge is 0.120 e. The van der Waals surface area contributed by atoms with Crippen LogP contribution in [0.4, 0.5) is 0 Å². The van der Waals surface area contributed by atoms with Gasteiger partial charge in [-0.3, -0.25) is 0 Å². The third-order valence-electron chi connectivity index (χ3n) is 1.37. The monoisotopic (exact) mass is 166 g/mol. The van der Waals surface area contributed by atoms with E-state index >= 15 is 0 Å². The number of carbonyl (C=O) groups excluding carboxylic acids is 1. The fraction of sp³-hybridized carbons (Fsp3) is 0.857. The largest absolute Gasteiger partial charge is 0.396 e. The van der Waals surface area contributed by atoms with Gasteiger partial charge >= 0.3 is 0 Å². The summed E-state index contributed by atoms with van der Waals surface area (Å²) in [6.07, 6.45) is 2.21. The molecule has 2 nitrogen and oxygen atoms in total. The summed E-state index contributed by atoms with van der Waals surface area (Å²) in [5, 5.41) is 8.70. The van der Waals surface area contributed by atoms with Crippen molar-refractivity contribution < 1.29 is 9.90 Å². The van der Waals surface area contributed by atoms with Gasteiger partial charge in [0.1, 0.15) is 6.29 Å². The molecule has 0 atom stereocenters. The molecule has 0 aliphatic heterocycles. The number of halogens is 1. The molecular formula is C7H15ClO2. The fourth-order valence-corrected chi connectivity index (χ4v) is 0.529. The highest BCUT2D eigenvalue weighted by atomic mass is 35.5. The van der Waals surface area contributed by atoms with E-state index in [2.05, 4.69) is 0 Å². The van der Waals surface area contributed by atoms with Gasteiger partial charge in [-0.15, -0.1) is 12.4 Å².